The summed E-state index contributed by atoms with van der Waals surface area (Å²) >= 11 is 14.5. The number of fused-ring (bicyclic) bond motifs is 2. The largest absolute Gasteiger partial charge is 0.477 e. The molecule has 1 fully saturated rings. The van der Waals surface area contributed by atoms with Gasteiger partial charge in [0, 0.05) is 28.6 Å². The van der Waals surface area contributed by atoms with Gasteiger partial charge in [0.25, 0.3) is 23.4 Å². The first-order chi connectivity index (χ1) is 26.7. The van der Waals surface area contributed by atoms with Crippen molar-refractivity contribution < 1.29 is 53.3 Å². The second-order valence-corrected chi connectivity index (χ2v) is 15.0. The molecule has 4 aromatic rings. The summed E-state index contributed by atoms with van der Waals surface area (Å²) in [4.78, 5) is 94.0. The predicted molar refractivity (Wildman–Crippen MR) is 200 cm³/mol. The van der Waals surface area contributed by atoms with Gasteiger partial charge in [0.15, 0.2) is 28.1 Å². The number of aromatic nitrogens is 5. The molecule has 0 bridgehead atoms. The number of aryl methyl sites for hydroxylation is 2. The summed E-state index contributed by atoms with van der Waals surface area (Å²) in [7, 11) is 0. The number of carboxylic acids is 2. The number of carboxylic acid groups (broad SMARTS) is 2. The number of rotatable bonds is 14. The zero-order valence-electron chi connectivity index (χ0n) is 28.5. The number of aromatic carboxylic acids is 1. The first-order valence-electron chi connectivity index (χ1n) is 15.6. The number of anilines is 1. The number of esters is 2. The van der Waals surface area contributed by atoms with E-state index in [1.807, 2.05) is 0 Å². The number of carbonyl (C=O) groups is 6. The number of thioether (sulfide) groups is 2. The van der Waals surface area contributed by atoms with Gasteiger partial charge in [-0.05, 0) is 37.1 Å². The minimum absolute atomic E-state index is 0.0159. The third-order valence-corrected chi connectivity index (χ3v) is 11.2. The monoisotopic (exact) mass is 865 g/mol. The number of β-lactam (4-membered cyclic amide) rings is 1. The van der Waals surface area contributed by atoms with Gasteiger partial charge in [0.2, 0.25) is 0 Å². The Balaban J connectivity index is 1.22. The van der Waals surface area contributed by atoms with Gasteiger partial charge in [-0.15, -0.1) is 63.2 Å². The fourth-order valence-electron chi connectivity index (χ4n) is 5.21. The Hall–Kier alpha value is -5.49. The van der Waals surface area contributed by atoms with Crippen LogP contribution < -0.4 is 25.4 Å². The average molecular weight is 867 g/mol. The van der Waals surface area contributed by atoms with Gasteiger partial charge in [-0.25, -0.2) is 19.6 Å². The maximum Gasteiger partial charge on any atom is 0.375 e. The van der Waals surface area contributed by atoms with Gasteiger partial charge >= 0.3 is 23.9 Å². The van der Waals surface area contributed by atoms with Crippen LogP contribution in [0.5, 0.6) is 17.2 Å². The van der Waals surface area contributed by atoms with Crippen molar-refractivity contribution in [3.63, 3.8) is 0 Å². The summed E-state index contributed by atoms with van der Waals surface area (Å²) < 4.78 is 11.6. The highest BCUT2D eigenvalue weighted by molar-refractivity contribution is 8.01. The van der Waals surface area contributed by atoms with E-state index in [1.54, 1.807) is 19.9 Å². The Kier molecular flexibility index (Phi) is 12.0. The lowest BCUT2D eigenvalue weighted by Crippen LogP contribution is -2.71. The number of amides is 2. The van der Waals surface area contributed by atoms with Crippen molar-refractivity contribution in [1.29, 1.82) is 0 Å². The molecule has 5 N–H and O–H groups in total. The van der Waals surface area contributed by atoms with E-state index in [0.29, 0.717) is 21.9 Å². The lowest BCUT2D eigenvalue weighted by atomic mass is 10.0. The molecule has 25 heteroatoms. The van der Waals surface area contributed by atoms with Crippen LogP contribution in [0.3, 0.4) is 0 Å². The van der Waals surface area contributed by atoms with Crippen molar-refractivity contribution in [3.05, 3.63) is 57.6 Å². The molecule has 3 aromatic heterocycles. The Bertz CT molecular complexity index is 2390. The first kappa shape index (κ1) is 40.2. The molecule has 0 saturated carbocycles. The number of benzene rings is 1. The van der Waals surface area contributed by atoms with E-state index in [2.05, 4.69) is 30.5 Å². The Morgan fingerprint density at radius 2 is 1.71 bits per heavy atom. The summed E-state index contributed by atoms with van der Waals surface area (Å²) in [6.07, 6.45) is 0. The van der Waals surface area contributed by atoms with Crippen LogP contribution in [0, 0.1) is 13.8 Å². The normalized spacial score (nSPS) is 16.6. The first-order valence-corrected chi connectivity index (χ1v) is 19.6. The predicted octanol–water partition coefficient (Wildman–Crippen LogP) is 2.08. The molecule has 6 rings (SSSR count). The molecule has 292 valence electrons. The molecule has 0 unspecified atom stereocenters. The number of carbonyl (C=O) groups excluding carboxylic acids is 4. The van der Waals surface area contributed by atoms with E-state index < -0.39 is 70.4 Å². The number of halogens is 2. The number of nitrogens with one attached hydrogen (secondary N) is 1. The van der Waals surface area contributed by atoms with E-state index in [4.69, 9.17) is 43.2 Å². The fourth-order valence-corrected chi connectivity index (χ4v) is 8.40. The van der Waals surface area contributed by atoms with Crippen molar-refractivity contribution >= 4 is 110 Å². The molecule has 2 atom stereocenters. The highest BCUT2D eigenvalue weighted by Gasteiger charge is 2.54. The molecule has 0 spiro atoms. The molecule has 2 aliphatic rings. The van der Waals surface area contributed by atoms with E-state index in [9.17, 15) is 39.0 Å². The second-order valence-electron chi connectivity index (χ2n) is 11.5. The molecule has 5 heterocycles. The zero-order valence-corrected chi connectivity index (χ0v) is 32.5. The molecular weight excluding hydrogens is 841 g/mol. The number of oxime groups is 1. The second kappa shape index (κ2) is 16.7. The topological polar surface area (TPSA) is 280 Å². The standard InChI is InChI=1S/C31H25Cl2N9O11S3/c1-11-3-16(51-19(43)6-32)17(52-20(44)7-33)5-15(11)53-40-21(14-10-56-30(34)36-14)25(45)37-22-26(46)41-23(28(47)48)13(9-55-27(22)41)8-54-18-4-12(2)35-31-38-24(29(49)50)39-42(18)31/h3-5,10,22,27H,6-9H2,1-2H3,(H2,34,36)(H,37,45)(H,47,48)(H,49,50)/t22-,27-/m1/s1. The number of ether oxygens (including phenoxy) is 2. The van der Waals surface area contributed by atoms with Crippen molar-refractivity contribution in [2.45, 2.75) is 30.3 Å². The van der Waals surface area contributed by atoms with Crippen LogP contribution >= 0.6 is 58.1 Å². The number of nitrogen functional groups attached to an aromatic ring is 1. The lowest BCUT2D eigenvalue weighted by molar-refractivity contribution is -0.150. The summed E-state index contributed by atoms with van der Waals surface area (Å²) in [5.41, 5.74) is 6.37. The highest BCUT2D eigenvalue weighted by atomic mass is 35.5. The maximum atomic E-state index is 13.7. The summed E-state index contributed by atoms with van der Waals surface area (Å²) in [5, 5.41) is 31.2. The van der Waals surface area contributed by atoms with Gasteiger partial charge in [-0.2, -0.15) is 9.50 Å². The van der Waals surface area contributed by atoms with E-state index in [0.717, 1.165) is 28.0 Å². The molecule has 0 radical (unpaired) electrons. The Morgan fingerprint density at radius 3 is 2.34 bits per heavy atom. The van der Waals surface area contributed by atoms with E-state index in [-0.39, 0.29) is 51.1 Å². The molecular formula is C31H25Cl2N9O11S3. The van der Waals surface area contributed by atoms with Crippen LogP contribution in [-0.4, -0.2) is 116 Å². The molecule has 2 amide bonds. The van der Waals surface area contributed by atoms with Gasteiger partial charge < -0.3 is 35.6 Å². The summed E-state index contributed by atoms with van der Waals surface area (Å²) in [6.45, 7) is 3.23. The van der Waals surface area contributed by atoms with Crippen molar-refractivity contribution in [1.82, 2.24) is 34.8 Å². The number of thiazole rings is 1. The van der Waals surface area contributed by atoms with Crippen LogP contribution in [0.4, 0.5) is 5.13 Å². The van der Waals surface area contributed by atoms with Gasteiger partial charge in [0.1, 0.15) is 39.6 Å². The number of alkyl halides is 2. The molecule has 0 aliphatic carbocycles. The number of hydrogen-bond donors (Lipinski definition) is 4. The quantitative estimate of drug-likeness (QED) is 0.0206. The smallest absolute Gasteiger partial charge is 0.375 e. The van der Waals surface area contributed by atoms with Crippen molar-refractivity contribution in [2.24, 2.45) is 5.16 Å². The van der Waals surface area contributed by atoms with Crippen LogP contribution in [-0.2, 0) is 24.0 Å². The summed E-state index contributed by atoms with van der Waals surface area (Å²) in [5.74, 6) is -7.71. The maximum absolute atomic E-state index is 13.7. The number of nitrogens with zero attached hydrogens (tertiary/aromatic N) is 7. The van der Waals surface area contributed by atoms with Gasteiger partial charge in [-0.3, -0.25) is 24.1 Å². The summed E-state index contributed by atoms with van der Waals surface area (Å²) in [6, 6.07) is 2.94. The molecule has 20 nitrogen and oxygen atoms in total. The number of hydrogen-bond acceptors (Lipinski definition) is 18. The van der Waals surface area contributed by atoms with Crippen molar-refractivity contribution in [3.8, 4) is 17.2 Å². The van der Waals surface area contributed by atoms with Crippen LogP contribution in [0.1, 0.15) is 27.6 Å². The number of aliphatic carboxylic acids is 1. The van der Waals surface area contributed by atoms with Crippen LogP contribution in [0.25, 0.3) is 5.78 Å². The van der Waals surface area contributed by atoms with Gasteiger partial charge in [-0.1, -0.05) is 5.16 Å². The lowest BCUT2D eigenvalue weighted by Gasteiger charge is -2.49. The van der Waals surface area contributed by atoms with Crippen LogP contribution in [0.2, 0.25) is 0 Å². The average Bonchev–Trinajstić information content (AvgIpc) is 3.80. The third-order valence-electron chi connectivity index (χ3n) is 7.65. The SMILES string of the molecule is Cc1cc(SCC2=C(C(=O)O)N3C(=O)[C@@H](NC(=O)C(=NOc4cc(OC(=O)CCl)c(OC(=O)CCl)cc4C)c4csc(N)n4)[C@H]3SC2)n2nc(C(=O)O)nc2n1. The Morgan fingerprint density at radius 1 is 1.02 bits per heavy atom. The van der Waals surface area contributed by atoms with E-state index in [1.165, 1.54) is 33.8 Å². The highest BCUT2D eigenvalue weighted by Crippen LogP contribution is 2.42. The van der Waals surface area contributed by atoms with Crippen molar-refractivity contribution in [2.75, 3.05) is 29.0 Å². The molecule has 2 aliphatic heterocycles. The third kappa shape index (κ3) is 8.35. The van der Waals surface area contributed by atoms with Gasteiger partial charge in [0.05, 0.1) is 0 Å². The van der Waals surface area contributed by atoms with E-state index >= 15 is 0 Å². The Labute approximate surface area is 336 Å². The minimum Gasteiger partial charge on any atom is -0.477 e. The molecule has 56 heavy (non-hydrogen) atoms. The minimum atomic E-state index is -1.36. The zero-order chi connectivity index (χ0) is 40.4. The fraction of sp³-hybridized carbons (Fsp3) is 0.258. The number of nitrogens with two attached hydrogens (primary N) is 1. The molecule has 1 aromatic carbocycles. The van der Waals surface area contributed by atoms with Crippen LogP contribution in [0.15, 0.2) is 45.0 Å². The molecule has 1 saturated heterocycles.